The van der Waals surface area contributed by atoms with Crippen LogP contribution >= 0.6 is 0 Å². The van der Waals surface area contributed by atoms with Crippen LogP contribution in [-0.4, -0.2) is 48.1 Å². The molecule has 1 aliphatic rings. The van der Waals surface area contributed by atoms with Crippen molar-refractivity contribution in [1.29, 1.82) is 0 Å². The fourth-order valence-electron chi connectivity index (χ4n) is 4.38. The maximum absolute atomic E-state index is 14.2. The van der Waals surface area contributed by atoms with E-state index in [4.69, 9.17) is 0 Å². The van der Waals surface area contributed by atoms with Gasteiger partial charge in [0, 0.05) is 47.7 Å². The molecule has 2 amide bonds. The van der Waals surface area contributed by atoms with Crippen LogP contribution in [-0.2, 0) is 25.0 Å². The number of carbonyl (C=O) groups excluding carboxylic acids is 2. The van der Waals surface area contributed by atoms with Crippen LogP contribution in [0.25, 0.3) is 0 Å². The summed E-state index contributed by atoms with van der Waals surface area (Å²) in [7, 11) is -3.65. The Balaban J connectivity index is 2.12. The zero-order valence-corrected chi connectivity index (χ0v) is 23.4. The summed E-state index contributed by atoms with van der Waals surface area (Å²) < 4.78 is 26.0. The van der Waals surface area contributed by atoms with E-state index in [0.717, 1.165) is 11.0 Å². The maximum atomic E-state index is 14.2. The molecular weight excluding hydrogens is 488 g/mol. The molecule has 1 N–H and O–H groups in total. The van der Waals surface area contributed by atoms with Gasteiger partial charge >= 0.3 is 0 Å². The second-order valence-electron chi connectivity index (χ2n) is 11.5. The number of anilines is 1. The van der Waals surface area contributed by atoms with Gasteiger partial charge in [-0.3, -0.25) is 19.5 Å². The lowest BCUT2D eigenvalue weighted by Gasteiger charge is -2.35. The maximum Gasteiger partial charge on any atom is 0.248 e. The van der Waals surface area contributed by atoms with E-state index in [1.807, 2.05) is 45.0 Å². The van der Waals surface area contributed by atoms with Gasteiger partial charge in [0.25, 0.3) is 0 Å². The number of carbonyl (C=O) groups is 2. The normalized spacial score (nSPS) is 17.7. The highest BCUT2D eigenvalue weighted by atomic mass is 32.2. The number of nitrogens with one attached hydrogen (secondary N) is 1. The molecule has 2 atom stereocenters. The lowest BCUT2D eigenvalue weighted by molar-refractivity contribution is -0.129. The fourth-order valence-corrected chi connectivity index (χ4v) is 5.34. The topological polar surface area (TPSA) is 99.7 Å². The van der Waals surface area contributed by atoms with Gasteiger partial charge in [-0.15, -0.1) is 0 Å². The molecule has 2 unspecified atom stereocenters. The molecule has 0 saturated carbocycles. The van der Waals surface area contributed by atoms with Crippen molar-refractivity contribution in [2.75, 3.05) is 18.0 Å². The van der Waals surface area contributed by atoms with Gasteiger partial charge in [0.1, 0.15) is 6.04 Å². The first-order valence-electron chi connectivity index (χ1n) is 12.4. The van der Waals surface area contributed by atoms with Crippen molar-refractivity contribution in [3.05, 3.63) is 71.9 Å². The summed E-state index contributed by atoms with van der Waals surface area (Å²) in [4.78, 5) is 33.6. The molecule has 1 saturated heterocycles. The van der Waals surface area contributed by atoms with Crippen LogP contribution in [0.2, 0.25) is 0 Å². The second-order valence-corrected chi connectivity index (χ2v) is 13.4. The Bertz CT molecular complexity index is 1230. The summed E-state index contributed by atoms with van der Waals surface area (Å²) in [5.74, 6) is -1.27. The molecule has 0 bridgehead atoms. The van der Waals surface area contributed by atoms with Gasteiger partial charge in [-0.2, -0.15) is 4.31 Å². The summed E-state index contributed by atoms with van der Waals surface area (Å²) >= 11 is 0. The highest BCUT2D eigenvalue weighted by Gasteiger charge is 2.41. The van der Waals surface area contributed by atoms with Crippen molar-refractivity contribution in [3.63, 3.8) is 0 Å². The van der Waals surface area contributed by atoms with Crippen LogP contribution in [0.15, 0.2) is 60.8 Å². The molecule has 2 aromatic rings. The molecule has 3 rings (SSSR count). The third-order valence-corrected chi connectivity index (χ3v) is 7.80. The Morgan fingerprint density at radius 1 is 1.14 bits per heavy atom. The number of pyridine rings is 1. The van der Waals surface area contributed by atoms with Gasteiger partial charge in [0.2, 0.25) is 21.8 Å². The minimum absolute atomic E-state index is 0.0322. The van der Waals surface area contributed by atoms with Gasteiger partial charge in [0.15, 0.2) is 0 Å². The molecule has 0 radical (unpaired) electrons. The van der Waals surface area contributed by atoms with Gasteiger partial charge in [0.05, 0.1) is 5.92 Å². The molecule has 1 aliphatic heterocycles. The zero-order valence-electron chi connectivity index (χ0n) is 22.6. The lowest BCUT2D eigenvalue weighted by atomic mass is 9.87. The van der Waals surface area contributed by atoms with Crippen molar-refractivity contribution in [2.24, 2.45) is 5.92 Å². The lowest BCUT2D eigenvalue weighted by Crippen LogP contribution is -2.51. The molecule has 9 heteroatoms. The largest absolute Gasteiger partial charge is 0.349 e. The Morgan fingerprint density at radius 2 is 1.78 bits per heavy atom. The minimum atomic E-state index is -3.65. The second kappa shape index (κ2) is 10.8. The number of rotatable bonds is 7. The molecule has 0 aliphatic carbocycles. The summed E-state index contributed by atoms with van der Waals surface area (Å²) in [5, 5.41) is 3.91. The molecule has 37 heavy (non-hydrogen) atoms. The monoisotopic (exact) mass is 526 g/mol. The first kappa shape index (κ1) is 28.5. The first-order valence-corrected chi connectivity index (χ1v) is 13.9. The van der Waals surface area contributed by atoms with Crippen molar-refractivity contribution in [2.45, 2.75) is 65.0 Å². The van der Waals surface area contributed by atoms with E-state index in [0.29, 0.717) is 17.7 Å². The van der Waals surface area contributed by atoms with E-state index in [1.165, 1.54) is 9.21 Å². The van der Waals surface area contributed by atoms with E-state index in [2.05, 4.69) is 37.7 Å². The van der Waals surface area contributed by atoms with Crippen molar-refractivity contribution in [1.82, 2.24) is 14.6 Å². The average Bonchev–Trinajstić information content (AvgIpc) is 3.32. The number of benzene rings is 1. The van der Waals surface area contributed by atoms with E-state index < -0.39 is 27.5 Å². The molecule has 1 aromatic heterocycles. The third kappa shape index (κ3) is 6.84. The molecule has 8 nitrogen and oxygen atoms in total. The SMILES string of the molecule is C=CS(=O)(=O)N1CCC(C(=O)N(c2ccc(C(C)(C)C)cc2)C(C(=O)NC(C)(C)C)c2cccnc2)C1. The number of aromatic nitrogens is 1. The molecule has 1 fully saturated rings. The quantitative estimate of drug-likeness (QED) is 0.584. The van der Waals surface area contributed by atoms with Gasteiger partial charge in [-0.05, 0) is 56.4 Å². The Labute approximate surface area is 220 Å². The Morgan fingerprint density at radius 3 is 2.30 bits per heavy atom. The number of sulfonamides is 1. The molecule has 1 aromatic carbocycles. The van der Waals surface area contributed by atoms with Crippen LogP contribution < -0.4 is 10.2 Å². The summed E-state index contributed by atoms with van der Waals surface area (Å²) in [6.07, 6.45) is 3.55. The predicted octanol–water partition coefficient (Wildman–Crippen LogP) is 4.16. The standard InChI is InChI=1S/C28H38N4O4S/c1-8-37(35,36)31-17-15-21(19-31)26(34)32(23-13-11-22(12-14-23)27(2,3)4)24(20-10-9-16-29-18-20)25(33)30-28(5,6)7/h8-14,16,18,21,24H,1,15,17,19H2,2-7H3,(H,30,33). The van der Waals surface area contributed by atoms with E-state index >= 15 is 0 Å². The Hall–Kier alpha value is -3.04. The van der Waals surface area contributed by atoms with Crippen molar-refractivity contribution >= 4 is 27.5 Å². The van der Waals surface area contributed by atoms with Crippen LogP contribution in [0.1, 0.15) is 65.1 Å². The molecule has 0 spiro atoms. The van der Waals surface area contributed by atoms with Gasteiger partial charge in [-0.1, -0.05) is 45.5 Å². The summed E-state index contributed by atoms with van der Waals surface area (Å²) in [5.41, 5.74) is 1.58. The summed E-state index contributed by atoms with van der Waals surface area (Å²) in [6.45, 7) is 15.6. The smallest absolute Gasteiger partial charge is 0.248 e. The van der Waals surface area contributed by atoms with Gasteiger partial charge < -0.3 is 5.32 Å². The fraction of sp³-hybridized carbons (Fsp3) is 0.464. The first-order chi connectivity index (χ1) is 17.1. The van der Waals surface area contributed by atoms with Crippen molar-refractivity contribution < 1.29 is 18.0 Å². The van der Waals surface area contributed by atoms with E-state index in [1.54, 1.807) is 24.5 Å². The Kier molecular flexibility index (Phi) is 8.29. The third-order valence-electron chi connectivity index (χ3n) is 6.32. The number of amides is 2. The predicted molar refractivity (Wildman–Crippen MR) is 146 cm³/mol. The average molecular weight is 527 g/mol. The van der Waals surface area contributed by atoms with Gasteiger partial charge in [-0.25, -0.2) is 8.42 Å². The number of nitrogens with zero attached hydrogens (tertiary/aromatic N) is 3. The summed E-state index contributed by atoms with van der Waals surface area (Å²) in [6, 6.07) is 10.1. The van der Waals surface area contributed by atoms with Crippen LogP contribution in [0.4, 0.5) is 5.69 Å². The molecule has 2 heterocycles. The minimum Gasteiger partial charge on any atom is -0.349 e. The van der Waals surface area contributed by atoms with Crippen LogP contribution in [0, 0.1) is 5.92 Å². The molecular formula is C28H38N4O4S. The van der Waals surface area contributed by atoms with E-state index in [9.17, 15) is 18.0 Å². The zero-order chi connectivity index (χ0) is 27.6. The number of hydrogen-bond acceptors (Lipinski definition) is 5. The van der Waals surface area contributed by atoms with Crippen molar-refractivity contribution in [3.8, 4) is 0 Å². The highest BCUT2D eigenvalue weighted by molar-refractivity contribution is 7.92. The van der Waals surface area contributed by atoms with Crippen LogP contribution in [0.5, 0.6) is 0 Å². The molecule has 200 valence electrons. The number of hydrogen-bond donors (Lipinski definition) is 1. The van der Waals surface area contributed by atoms with E-state index in [-0.39, 0.29) is 30.3 Å². The van der Waals surface area contributed by atoms with Crippen LogP contribution in [0.3, 0.4) is 0 Å². The highest BCUT2D eigenvalue weighted by Crippen LogP contribution is 2.34.